The molecule has 1 saturated carbocycles. The van der Waals surface area contributed by atoms with Crippen molar-refractivity contribution in [1.82, 2.24) is 19.9 Å². The van der Waals surface area contributed by atoms with Crippen molar-refractivity contribution < 1.29 is 0 Å². The molecule has 0 radical (unpaired) electrons. The average molecular weight is 583 g/mol. The molecule has 2 fully saturated rings. The van der Waals surface area contributed by atoms with Crippen LogP contribution in [0, 0.1) is 16.7 Å². The van der Waals surface area contributed by atoms with Gasteiger partial charge < -0.3 is 15.6 Å². The first-order chi connectivity index (χ1) is 20.4. The van der Waals surface area contributed by atoms with Crippen LogP contribution in [-0.2, 0) is 6.42 Å². The molecule has 1 saturated heterocycles. The van der Waals surface area contributed by atoms with Crippen LogP contribution in [0.15, 0.2) is 54.4 Å². The third-order valence-corrected chi connectivity index (χ3v) is 8.99. The van der Waals surface area contributed by atoms with Crippen LogP contribution in [0.1, 0.15) is 110 Å². The van der Waals surface area contributed by atoms with Gasteiger partial charge in [-0.25, -0.2) is 15.0 Å². The second-order valence-corrected chi connectivity index (χ2v) is 14.0. The SMILES string of the molecule is C=C(CC(C)(C)C)Nc1ccc(-c2cc(CCC3CCCN3C)nc(/C(C)=C(\CCC)C(=N)[C@H]3CCCCC3=C)n2)cn1. The van der Waals surface area contributed by atoms with Crippen LogP contribution in [0.5, 0.6) is 0 Å². The monoisotopic (exact) mass is 582 g/mol. The van der Waals surface area contributed by atoms with Crippen molar-refractivity contribution in [3.8, 4) is 11.3 Å². The number of nitrogens with one attached hydrogen (secondary N) is 2. The van der Waals surface area contributed by atoms with E-state index in [0.29, 0.717) is 6.04 Å². The topological polar surface area (TPSA) is 77.8 Å². The Kier molecular flexibility index (Phi) is 11.1. The number of aryl methyl sites for hydroxylation is 1. The summed E-state index contributed by atoms with van der Waals surface area (Å²) in [4.78, 5) is 17.4. The zero-order valence-corrected chi connectivity index (χ0v) is 27.7. The third kappa shape index (κ3) is 8.95. The fraction of sp³-hybridized carbons (Fsp3) is 0.568. The van der Waals surface area contributed by atoms with E-state index in [-0.39, 0.29) is 11.3 Å². The Hall–Kier alpha value is -3.12. The maximum Gasteiger partial charge on any atom is 0.156 e. The van der Waals surface area contributed by atoms with Gasteiger partial charge in [-0.15, -0.1) is 0 Å². The Morgan fingerprint density at radius 3 is 2.56 bits per heavy atom. The molecular weight excluding hydrogens is 528 g/mol. The lowest BCUT2D eigenvalue weighted by molar-refractivity contribution is 0.296. The van der Waals surface area contributed by atoms with Crippen LogP contribution >= 0.6 is 0 Å². The molecule has 3 heterocycles. The highest BCUT2D eigenvalue weighted by atomic mass is 15.1. The molecule has 2 N–H and O–H groups in total. The summed E-state index contributed by atoms with van der Waals surface area (Å²) in [5.74, 6) is 1.67. The van der Waals surface area contributed by atoms with Crippen LogP contribution in [-0.4, -0.2) is 45.2 Å². The Bertz CT molecular complexity index is 1330. The van der Waals surface area contributed by atoms with E-state index in [1.807, 2.05) is 12.3 Å². The summed E-state index contributed by atoms with van der Waals surface area (Å²) in [7, 11) is 2.24. The summed E-state index contributed by atoms with van der Waals surface area (Å²) in [5.41, 5.74) is 8.08. The second-order valence-electron chi connectivity index (χ2n) is 14.0. The predicted octanol–water partition coefficient (Wildman–Crippen LogP) is 9.27. The van der Waals surface area contributed by atoms with Crippen LogP contribution in [0.2, 0.25) is 0 Å². The Morgan fingerprint density at radius 1 is 1.14 bits per heavy atom. The number of hydrogen-bond acceptors (Lipinski definition) is 6. The normalized spacial score (nSPS) is 20.2. The number of aromatic nitrogens is 3. The van der Waals surface area contributed by atoms with Crippen molar-refractivity contribution >= 4 is 17.1 Å². The number of pyridine rings is 1. The maximum atomic E-state index is 9.27. The quantitative estimate of drug-likeness (QED) is 0.193. The highest BCUT2D eigenvalue weighted by Crippen LogP contribution is 2.34. The maximum absolute atomic E-state index is 9.27. The fourth-order valence-corrected chi connectivity index (χ4v) is 6.63. The Balaban J connectivity index is 1.67. The van der Waals surface area contributed by atoms with Crippen molar-refractivity contribution in [1.29, 1.82) is 5.41 Å². The molecule has 43 heavy (non-hydrogen) atoms. The van der Waals surface area contributed by atoms with E-state index in [0.717, 1.165) is 103 Å². The smallest absolute Gasteiger partial charge is 0.156 e. The van der Waals surface area contributed by atoms with Gasteiger partial charge in [0.05, 0.1) is 5.69 Å². The van der Waals surface area contributed by atoms with Crippen molar-refractivity contribution in [2.24, 2.45) is 11.3 Å². The molecule has 6 heteroatoms. The van der Waals surface area contributed by atoms with Crippen molar-refractivity contribution in [3.63, 3.8) is 0 Å². The lowest BCUT2D eigenvalue weighted by Crippen LogP contribution is -2.25. The van der Waals surface area contributed by atoms with Gasteiger partial charge in [0.25, 0.3) is 0 Å². The minimum Gasteiger partial charge on any atom is -0.344 e. The summed E-state index contributed by atoms with van der Waals surface area (Å²) in [6.45, 7) is 20.7. The molecule has 4 rings (SSSR count). The summed E-state index contributed by atoms with van der Waals surface area (Å²) >= 11 is 0. The lowest BCUT2D eigenvalue weighted by atomic mass is 9.78. The number of hydrogen-bond donors (Lipinski definition) is 2. The molecule has 2 atom stereocenters. The van der Waals surface area contributed by atoms with Crippen LogP contribution in [0.3, 0.4) is 0 Å². The zero-order valence-electron chi connectivity index (χ0n) is 27.7. The van der Waals surface area contributed by atoms with Crippen molar-refractivity contribution in [3.05, 3.63) is 65.9 Å². The summed E-state index contributed by atoms with van der Waals surface area (Å²) < 4.78 is 0. The second kappa shape index (κ2) is 14.6. The van der Waals surface area contributed by atoms with Gasteiger partial charge in [0.15, 0.2) is 5.82 Å². The van der Waals surface area contributed by atoms with Gasteiger partial charge in [-0.3, -0.25) is 0 Å². The summed E-state index contributed by atoms with van der Waals surface area (Å²) in [5, 5.41) is 12.6. The van der Waals surface area contributed by atoms with E-state index >= 15 is 0 Å². The van der Waals surface area contributed by atoms with E-state index in [4.69, 9.17) is 15.0 Å². The molecule has 2 aromatic rings. The first-order valence-corrected chi connectivity index (χ1v) is 16.4. The van der Waals surface area contributed by atoms with Gasteiger partial charge in [0.1, 0.15) is 5.82 Å². The van der Waals surface area contributed by atoms with Crippen LogP contribution in [0.25, 0.3) is 16.8 Å². The molecule has 0 aromatic carbocycles. The highest BCUT2D eigenvalue weighted by molar-refractivity contribution is 6.06. The molecular formula is C37H54N6. The minimum atomic E-state index is 0.142. The molecule has 1 unspecified atom stereocenters. The Morgan fingerprint density at radius 2 is 1.93 bits per heavy atom. The first kappa shape index (κ1) is 32.8. The van der Waals surface area contributed by atoms with Crippen LogP contribution < -0.4 is 5.32 Å². The van der Waals surface area contributed by atoms with Crippen molar-refractivity contribution in [2.75, 3.05) is 18.9 Å². The summed E-state index contributed by atoms with van der Waals surface area (Å²) in [6, 6.07) is 6.84. The predicted molar refractivity (Wildman–Crippen MR) is 182 cm³/mol. The summed E-state index contributed by atoms with van der Waals surface area (Å²) in [6.07, 6.45) is 13.5. The third-order valence-electron chi connectivity index (χ3n) is 8.99. The van der Waals surface area contributed by atoms with Gasteiger partial charge >= 0.3 is 0 Å². The van der Waals surface area contributed by atoms with E-state index in [1.165, 1.54) is 31.4 Å². The Labute approximate surface area is 260 Å². The molecule has 6 nitrogen and oxygen atoms in total. The average Bonchev–Trinajstić information content (AvgIpc) is 3.38. The number of likely N-dealkylation sites (tertiary alicyclic amines) is 1. The standard InChI is InChI=1S/C37H54N6/c1-9-13-32(35(38)31-16-11-10-14-25(31)2)27(4)36-41-29(18-19-30-15-12-21-43(30)8)22-33(42-36)28-17-20-34(39-24-28)40-26(3)23-37(5,6)7/h17,20,22,24,30-31,38H,2-3,9-16,18-19,21,23H2,1,4-8H3,(H,39,40)/b32-27+,38-35?/t30?,31-/m0/s1. The molecule has 0 spiro atoms. The van der Waals surface area contributed by atoms with E-state index in [1.54, 1.807) is 0 Å². The van der Waals surface area contributed by atoms with Gasteiger partial charge in [-0.1, -0.05) is 59.3 Å². The van der Waals surface area contributed by atoms with Crippen molar-refractivity contribution in [2.45, 2.75) is 111 Å². The fourth-order valence-electron chi connectivity index (χ4n) is 6.63. The molecule has 1 aliphatic carbocycles. The van der Waals surface area contributed by atoms with Crippen LogP contribution in [0.4, 0.5) is 5.82 Å². The van der Waals surface area contributed by atoms with E-state index < -0.39 is 0 Å². The first-order valence-electron chi connectivity index (χ1n) is 16.4. The number of anilines is 1. The minimum absolute atomic E-state index is 0.142. The zero-order chi connectivity index (χ0) is 31.1. The molecule has 0 amide bonds. The molecule has 232 valence electrons. The number of allylic oxidation sites excluding steroid dienone is 4. The van der Waals surface area contributed by atoms with Gasteiger partial charge in [0.2, 0.25) is 0 Å². The number of nitrogens with zero attached hydrogens (tertiary/aromatic N) is 4. The number of rotatable bonds is 12. The van der Waals surface area contributed by atoms with E-state index in [2.05, 4.69) is 77.2 Å². The molecule has 0 bridgehead atoms. The van der Waals surface area contributed by atoms with Gasteiger partial charge in [-0.05, 0) is 113 Å². The van der Waals surface area contributed by atoms with Gasteiger partial charge in [0, 0.05) is 40.8 Å². The highest BCUT2D eigenvalue weighted by Gasteiger charge is 2.26. The molecule has 2 aliphatic rings. The largest absolute Gasteiger partial charge is 0.344 e. The van der Waals surface area contributed by atoms with Gasteiger partial charge in [-0.2, -0.15) is 0 Å². The lowest BCUT2D eigenvalue weighted by Gasteiger charge is -2.27. The van der Waals surface area contributed by atoms with E-state index in [9.17, 15) is 5.41 Å². The molecule has 2 aromatic heterocycles. The molecule has 1 aliphatic heterocycles.